The summed E-state index contributed by atoms with van der Waals surface area (Å²) in [7, 11) is 0. The maximum atomic E-state index is 9.02. The molecule has 0 amide bonds. The Bertz CT molecular complexity index is 447. The van der Waals surface area contributed by atoms with Crippen molar-refractivity contribution in [3.63, 3.8) is 0 Å². The molecule has 0 radical (unpaired) electrons. The number of aliphatic hydroxyl groups is 1. The minimum absolute atomic E-state index is 0.143. The van der Waals surface area contributed by atoms with Crippen LogP contribution < -0.4 is 0 Å². The predicted octanol–water partition coefficient (Wildman–Crippen LogP) is 2.23. The van der Waals surface area contributed by atoms with Gasteiger partial charge in [-0.3, -0.25) is 0 Å². The highest BCUT2D eigenvalue weighted by Gasteiger charge is 2.08. The molecule has 1 aromatic heterocycles. The van der Waals surface area contributed by atoms with Crippen molar-refractivity contribution in [2.24, 2.45) is 0 Å². The molecule has 1 heterocycles. The number of aromatic nitrogens is 1. The summed E-state index contributed by atoms with van der Waals surface area (Å²) in [5.41, 5.74) is 2.78. The first-order chi connectivity index (χ1) is 6.72. The van der Waals surface area contributed by atoms with Crippen molar-refractivity contribution in [3.05, 3.63) is 29.5 Å². The fraction of sp³-hybridized carbons (Fsp3) is 0.364. The minimum atomic E-state index is 0.143. The summed E-state index contributed by atoms with van der Waals surface area (Å²) in [4.78, 5) is 0. The molecular weight excluding hydrogens is 178 g/mol. The predicted molar refractivity (Wildman–Crippen MR) is 54.2 cm³/mol. The van der Waals surface area contributed by atoms with E-state index in [0.717, 1.165) is 22.2 Å². The fourth-order valence-electron chi connectivity index (χ4n) is 1.49. The molecule has 3 nitrogen and oxygen atoms in total. The van der Waals surface area contributed by atoms with Crippen LogP contribution in [0.5, 0.6) is 0 Å². The van der Waals surface area contributed by atoms with Crippen LogP contribution in [0.3, 0.4) is 0 Å². The van der Waals surface area contributed by atoms with Gasteiger partial charge in [0.25, 0.3) is 0 Å². The molecule has 0 spiro atoms. The van der Waals surface area contributed by atoms with Crippen LogP contribution in [-0.4, -0.2) is 16.9 Å². The maximum Gasteiger partial charge on any atom is 0.167 e. The van der Waals surface area contributed by atoms with Crippen LogP contribution in [0, 0.1) is 6.92 Å². The van der Waals surface area contributed by atoms with E-state index in [-0.39, 0.29) is 12.5 Å². The molecule has 2 rings (SSSR count). The normalized spacial score (nSPS) is 13.4. The second-order valence-corrected chi connectivity index (χ2v) is 3.61. The highest BCUT2D eigenvalue weighted by atomic mass is 16.5. The number of aliphatic hydroxyl groups excluding tert-OH is 1. The smallest absolute Gasteiger partial charge is 0.167 e. The molecule has 0 aliphatic carbocycles. The van der Waals surface area contributed by atoms with E-state index in [1.54, 1.807) is 0 Å². The van der Waals surface area contributed by atoms with Crippen LogP contribution >= 0.6 is 0 Å². The molecule has 1 N–H and O–H groups in total. The van der Waals surface area contributed by atoms with E-state index >= 15 is 0 Å². The highest BCUT2D eigenvalue weighted by molar-refractivity contribution is 5.79. The third kappa shape index (κ3) is 1.40. The van der Waals surface area contributed by atoms with Crippen molar-refractivity contribution in [2.45, 2.75) is 19.8 Å². The van der Waals surface area contributed by atoms with Gasteiger partial charge in [-0.25, -0.2) is 0 Å². The molecule has 0 saturated heterocycles. The Kier molecular flexibility index (Phi) is 2.25. The zero-order valence-electron chi connectivity index (χ0n) is 8.32. The monoisotopic (exact) mass is 191 g/mol. The Morgan fingerprint density at radius 1 is 1.50 bits per heavy atom. The molecule has 0 fully saturated rings. The van der Waals surface area contributed by atoms with Crippen LogP contribution in [-0.2, 0) is 0 Å². The van der Waals surface area contributed by atoms with Crippen molar-refractivity contribution >= 4 is 11.0 Å². The average molecular weight is 191 g/mol. The number of hydrogen-bond donors (Lipinski definition) is 1. The fourth-order valence-corrected chi connectivity index (χ4v) is 1.49. The lowest BCUT2D eigenvalue weighted by atomic mass is 10.0. The van der Waals surface area contributed by atoms with Crippen molar-refractivity contribution < 1.29 is 9.63 Å². The Balaban J connectivity index is 2.52. The minimum Gasteiger partial charge on any atom is -0.396 e. The zero-order chi connectivity index (χ0) is 10.1. The van der Waals surface area contributed by atoms with Gasteiger partial charge in [-0.1, -0.05) is 18.1 Å². The van der Waals surface area contributed by atoms with Gasteiger partial charge in [-0.2, -0.15) is 0 Å². The summed E-state index contributed by atoms with van der Waals surface area (Å²) in [5, 5.41) is 13.9. The SMILES string of the molecule is Cc1noc2cc(C(C)CO)ccc12. The number of aryl methyl sites for hydroxylation is 1. The lowest BCUT2D eigenvalue weighted by molar-refractivity contribution is 0.273. The number of benzene rings is 1. The van der Waals surface area contributed by atoms with E-state index in [1.165, 1.54) is 0 Å². The van der Waals surface area contributed by atoms with Crippen molar-refractivity contribution in [3.8, 4) is 0 Å². The summed E-state index contributed by atoms with van der Waals surface area (Å²) < 4.78 is 5.15. The van der Waals surface area contributed by atoms with E-state index in [9.17, 15) is 0 Å². The Morgan fingerprint density at radius 3 is 3.00 bits per heavy atom. The van der Waals surface area contributed by atoms with Crippen molar-refractivity contribution in [1.29, 1.82) is 0 Å². The Hall–Kier alpha value is -1.35. The maximum absolute atomic E-state index is 9.02. The van der Waals surface area contributed by atoms with Crippen LogP contribution in [0.25, 0.3) is 11.0 Å². The van der Waals surface area contributed by atoms with Gasteiger partial charge in [0, 0.05) is 17.9 Å². The molecule has 74 valence electrons. The van der Waals surface area contributed by atoms with Crippen molar-refractivity contribution in [1.82, 2.24) is 5.16 Å². The third-order valence-electron chi connectivity index (χ3n) is 2.52. The highest BCUT2D eigenvalue weighted by Crippen LogP contribution is 2.23. The van der Waals surface area contributed by atoms with Crippen LogP contribution in [0.1, 0.15) is 24.1 Å². The van der Waals surface area contributed by atoms with Gasteiger partial charge in [-0.15, -0.1) is 0 Å². The Labute approximate surface area is 82.3 Å². The van der Waals surface area contributed by atoms with Crippen LogP contribution in [0.15, 0.2) is 22.7 Å². The van der Waals surface area contributed by atoms with Gasteiger partial charge in [-0.05, 0) is 24.6 Å². The Morgan fingerprint density at radius 2 is 2.29 bits per heavy atom. The first-order valence-electron chi connectivity index (χ1n) is 4.69. The van der Waals surface area contributed by atoms with E-state index in [4.69, 9.17) is 9.63 Å². The van der Waals surface area contributed by atoms with Gasteiger partial charge in [0.2, 0.25) is 0 Å². The third-order valence-corrected chi connectivity index (χ3v) is 2.52. The van der Waals surface area contributed by atoms with E-state index < -0.39 is 0 Å². The van der Waals surface area contributed by atoms with Gasteiger partial charge < -0.3 is 9.63 Å². The first-order valence-corrected chi connectivity index (χ1v) is 4.69. The number of nitrogens with zero attached hydrogens (tertiary/aromatic N) is 1. The molecule has 1 aromatic carbocycles. The van der Waals surface area contributed by atoms with Crippen molar-refractivity contribution in [2.75, 3.05) is 6.61 Å². The molecule has 1 atom stereocenters. The number of hydrogen-bond acceptors (Lipinski definition) is 3. The quantitative estimate of drug-likeness (QED) is 0.791. The first kappa shape index (κ1) is 9.21. The molecule has 0 saturated carbocycles. The molecule has 14 heavy (non-hydrogen) atoms. The summed E-state index contributed by atoms with van der Waals surface area (Å²) in [6, 6.07) is 5.94. The van der Waals surface area contributed by atoms with Crippen LogP contribution in [0.2, 0.25) is 0 Å². The number of rotatable bonds is 2. The molecule has 0 aliphatic heterocycles. The molecule has 1 unspecified atom stereocenters. The largest absolute Gasteiger partial charge is 0.396 e. The molecule has 3 heteroatoms. The summed E-state index contributed by atoms with van der Waals surface area (Å²) in [5.74, 6) is 0.143. The molecule has 2 aromatic rings. The summed E-state index contributed by atoms with van der Waals surface area (Å²) in [6.45, 7) is 4.05. The lowest BCUT2D eigenvalue weighted by Crippen LogP contribution is -1.97. The van der Waals surface area contributed by atoms with Gasteiger partial charge in [0.1, 0.15) is 0 Å². The summed E-state index contributed by atoms with van der Waals surface area (Å²) >= 11 is 0. The average Bonchev–Trinajstić information content (AvgIpc) is 2.59. The van der Waals surface area contributed by atoms with E-state index in [0.29, 0.717) is 0 Å². The van der Waals surface area contributed by atoms with E-state index in [1.807, 2.05) is 32.0 Å². The summed E-state index contributed by atoms with van der Waals surface area (Å²) in [6.07, 6.45) is 0. The van der Waals surface area contributed by atoms with Crippen LogP contribution in [0.4, 0.5) is 0 Å². The topological polar surface area (TPSA) is 46.3 Å². The zero-order valence-corrected chi connectivity index (χ0v) is 8.32. The van der Waals surface area contributed by atoms with Gasteiger partial charge in [0.15, 0.2) is 5.58 Å². The van der Waals surface area contributed by atoms with Gasteiger partial charge in [0.05, 0.1) is 5.69 Å². The molecular formula is C11H13NO2. The second kappa shape index (κ2) is 3.42. The number of fused-ring (bicyclic) bond motifs is 1. The van der Waals surface area contributed by atoms with E-state index in [2.05, 4.69) is 5.16 Å². The second-order valence-electron chi connectivity index (χ2n) is 3.61. The standard InChI is InChI=1S/C11H13NO2/c1-7(6-13)9-3-4-10-8(2)12-14-11(10)5-9/h3-5,7,13H,6H2,1-2H3. The molecule has 0 bridgehead atoms. The van der Waals surface area contributed by atoms with Gasteiger partial charge >= 0.3 is 0 Å². The molecule has 0 aliphatic rings. The lowest BCUT2D eigenvalue weighted by Gasteiger charge is -2.06.